The molecule has 1 N–H and O–H groups in total. The summed E-state index contributed by atoms with van der Waals surface area (Å²) in [4.78, 5) is 17.5. The van der Waals surface area contributed by atoms with E-state index in [9.17, 15) is 4.79 Å². The molecule has 3 rings (SSSR count). The number of carbonyl (C=O) groups excluding carboxylic acids is 1. The molecule has 2 fully saturated rings. The van der Waals surface area contributed by atoms with Gasteiger partial charge in [0.2, 0.25) is 5.91 Å². The third-order valence-electron chi connectivity index (χ3n) is 4.96. The molecule has 3 unspecified atom stereocenters. The number of amides is 1. The molecule has 1 amide bonds. The summed E-state index contributed by atoms with van der Waals surface area (Å²) in [7, 11) is 0. The predicted molar refractivity (Wildman–Crippen MR) is 87.3 cm³/mol. The fraction of sp³-hybridized carbons (Fsp3) is 0.706. The number of carbonyl (C=O) groups is 1. The first kappa shape index (κ1) is 15.0. The van der Waals surface area contributed by atoms with Crippen molar-refractivity contribution in [1.29, 1.82) is 0 Å². The Hall–Kier alpha value is -0.870. The highest BCUT2D eigenvalue weighted by atomic mass is 32.1. The molecule has 2 heterocycles. The van der Waals surface area contributed by atoms with Crippen molar-refractivity contribution < 1.29 is 4.79 Å². The van der Waals surface area contributed by atoms with Crippen molar-refractivity contribution in [2.24, 2.45) is 5.41 Å². The van der Waals surface area contributed by atoms with Crippen molar-refractivity contribution in [3.8, 4) is 0 Å². The smallest absolute Gasteiger partial charge is 0.241 e. The second-order valence-electron chi connectivity index (χ2n) is 7.28. The van der Waals surface area contributed by atoms with Crippen LogP contribution in [0.1, 0.15) is 62.4 Å². The van der Waals surface area contributed by atoms with E-state index in [1.165, 1.54) is 16.2 Å². The van der Waals surface area contributed by atoms with Gasteiger partial charge in [-0.05, 0) is 50.2 Å². The normalized spacial score (nSPS) is 32.1. The predicted octanol–water partition coefficient (Wildman–Crippen LogP) is 3.84. The molecule has 0 bridgehead atoms. The summed E-state index contributed by atoms with van der Waals surface area (Å²) in [5.74, 6) is 0.302. The molecule has 0 radical (unpaired) electrons. The van der Waals surface area contributed by atoms with Crippen LogP contribution in [0.5, 0.6) is 0 Å². The van der Waals surface area contributed by atoms with Gasteiger partial charge in [0.25, 0.3) is 0 Å². The number of nitrogens with one attached hydrogen (secondary N) is 1. The van der Waals surface area contributed by atoms with Crippen molar-refractivity contribution in [2.45, 2.75) is 71.6 Å². The average Bonchev–Trinajstić information content (AvgIpc) is 3.07. The van der Waals surface area contributed by atoms with Crippen LogP contribution in [0.15, 0.2) is 12.1 Å². The van der Waals surface area contributed by atoms with Crippen LogP contribution in [0.3, 0.4) is 0 Å². The van der Waals surface area contributed by atoms with Crippen molar-refractivity contribution >= 4 is 17.2 Å². The zero-order valence-corrected chi connectivity index (χ0v) is 14.3. The van der Waals surface area contributed by atoms with Crippen LogP contribution in [0.25, 0.3) is 0 Å². The fourth-order valence-electron chi connectivity index (χ4n) is 3.79. The van der Waals surface area contributed by atoms with Gasteiger partial charge in [-0.25, -0.2) is 0 Å². The number of rotatable bonds is 3. The van der Waals surface area contributed by atoms with Gasteiger partial charge in [0.1, 0.15) is 6.17 Å². The highest BCUT2D eigenvalue weighted by Crippen LogP contribution is 2.43. The SMILES string of the molecule is CCC1NC(c2ccc(C)s2)N(C2CCC(C)(C)C2)C1=O. The molecule has 1 aliphatic heterocycles. The lowest BCUT2D eigenvalue weighted by molar-refractivity contribution is -0.132. The lowest BCUT2D eigenvalue weighted by atomic mass is 9.91. The van der Waals surface area contributed by atoms with E-state index in [0.717, 1.165) is 19.3 Å². The minimum absolute atomic E-state index is 0.0129. The molecule has 1 aromatic rings. The Morgan fingerprint density at radius 1 is 1.43 bits per heavy atom. The highest BCUT2D eigenvalue weighted by Gasteiger charge is 2.46. The van der Waals surface area contributed by atoms with E-state index >= 15 is 0 Å². The van der Waals surface area contributed by atoms with Crippen LogP contribution in [-0.4, -0.2) is 22.9 Å². The summed E-state index contributed by atoms with van der Waals surface area (Å²) < 4.78 is 0. The Bertz CT molecular complexity index is 537. The van der Waals surface area contributed by atoms with Crippen molar-refractivity contribution in [2.75, 3.05) is 0 Å². The standard InChI is InChI=1S/C17H26N2OS/c1-5-13-16(20)19(12-8-9-17(3,4)10-12)15(18-13)14-7-6-11(2)21-14/h6-7,12-13,15,18H,5,8-10H2,1-4H3. The highest BCUT2D eigenvalue weighted by molar-refractivity contribution is 7.12. The first-order valence-electron chi connectivity index (χ1n) is 8.06. The number of aryl methyl sites for hydroxylation is 1. The molecular formula is C17H26N2OS. The summed E-state index contributed by atoms with van der Waals surface area (Å²) >= 11 is 1.81. The van der Waals surface area contributed by atoms with Gasteiger partial charge in [0.15, 0.2) is 0 Å². The molecule has 1 aromatic heterocycles. The van der Waals surface area contributed by atoms with Crippen LogP contribution < -0.4 is 5.32 Å². The second-order valence-corrected chi connectivity index (χ2v) is 8.60. The Morgan fingerprint density at radius 2 is 2.19 bits per heavy atom. The van der Waals surface area contributed by atoms with E-state index in [1.807, 2.05) is 0 Å². The molecular weight excluding hydrogens is 280 g/mol. The van der Waals surface area contributed by atoms with Gasteiger partial charge in [0, 0.05) is 15.8 Å². The largest absolute Gasteiger partial charge is 0.318 e. The van der Waals surface area contributed by atoms with Crippen LogP contribution in [-0.2, 0) is 4.79 Å². The lowest BCUT2D eigenvalue weighted by Crippen LogP contribution is -2.39. The molecule has 116 valence electrons. The van der Waals surface area contributed by atoms with Gasteiger partial charge in [0.05, 0.1) is 6.04 Å². The van der Waals surface area contributed by atoms with Gasteiger partial charge in [-0.15, -0.1) is 11.3 Å². The molecule has 21 heavy (non-hydrogen) atoms. The molecule has 3 nitrogen and oxygen atoms in total. The van der Waals surface area contributed by atoms with E-state index in [2.05, 4.69) is 50.0 Å². The number of thiophene rings is 1. The molecule has 3 atom stereocenters. The summed E-state index contributed by atoms with van der Waals surface area (Å²) in [5, 5.41) is 3.56. The summed E-state index contributed by atoms with van der Waals surface area (Å²) in [6.07, 6.45) is 4.43. The molecule has 0 aromatic carbocycles. The minimum atomic E-state index is -0.0129. The second kappa shape index (κ2) is 5.40. The van der Waals surface area contributed by atoms with Gasteiger partial charge in [-0.1, -0.05) is 20.8 Å². The molecule has 1 aliphatic carbocycles. The van der Waals surface area contributed by atoms with Crippen molar-refractivity contribution in [3.05, 3.63) is 21.9 Å². The number of hydrogen-bond donors (Lipinski definition) is 1. The average molecular weight is 306 g/mol. The minimum Gasteiger partial charge on any atom is -0.318 e. The monoisotopic (exact) mass is 306 g/mol. The Morgan fingerprint density at radius 3 is 2.71 bits per heavy atom. The lowest BCUT2D eigenvalue weighted by Gasteiger charge is -2.30. The maximum atomic E-state index is 12.8. The van der Waals surface area contributed by atoms with E-state index in [4.69, 9.17) is 0 Å². The van der Waals surface area contributed by atoms with Gasteiger partial charge in [-0.2, -0.15) is 0 Å². The summed E-state index contributed by atoms with van der Waals surface area (Å²) in [6.45, 7) is 8.87. The Kier molecular flexibility index (Phi) is 3.87. The molecule has 1 saturated heterocycles. The third kappa shape index (κ3) is 2.76. The van der Waals surface area contributed by atoms with Crippen LogP contribution in [0.2, 0.25) is 0 Å². The number of hydrogen-bond acceptors (Lipinski definition) is 3. The zero-order valence-electron chi connectivity index (χ0n) is 13.5. The topological polar surface area (TPSA) is 32.3 Å². The summed E-state index contributed by atoms with van der Waals surface area (Å²) in [5.41, 5.74) is 0.366. The third-order valence-corrected chi connectivity index (χ3v) is 6.02. The van der Waals surface area contributed by atoms with Gasteiger partial charge >= 0.3 is 0 Å². The Balaban J connectivity index is 1.88. The van der Waals surface area contributed by atoms with E-state index in [-0.39, 0.29) is 12.2 Å². The molecule has 0 spiro atoms. The molecule has 2 aliphatic rings. The van der Waals surface area contributed by atoms with Crippen molar-refractivity contribution in [1.82, 2.24) is 10.2 Å². The van der Waals surface area contributed by atoms with E-state index in [0.29, 0.717) is 17.4 Å². The van der Waals surface area contributed by atoms with Crippen LogP contribution in [0, 0.1) is 12.3 Å². The van der Waals surface area contributed by atoms with Crippen molar-refractivity contribution in [3.63, 3.8) is 0 Å². The quantitative estimate of drug-likeness (QED) is 0.920. The van der Waals surface area contributed by atoms with Crippen LogP contribution in [0.4, 0.5) is 0 Å². The maximum absolute atomic E-state index is 12.8. The van der Waals surface area contributed by atoms with E-state index in [1.54, 1.807) is 11.3 Å². The Labute approximate surface area is 131 Å². The van der Waals surface area contributed by atoms with E-state index < -0.39 is 0 Å². The first-order chi connectivity index (χ1) is 9.91. The molecule has 1 saturated carbocycles. The van der Waals surface area contributed by atoms with Gasteiger partial charge in [-0.3, -0.25) is 10.1 Å². The molecule has 4 heteroatoms. The fourth-order valence-corrected chi connectivity index (χ4v) is 4.73. The first-order valence-corrected chi connectivity index (χ1v) is 8.87. The van der Waals surface area contributed by atoms with Crippen LogP contribution >= 0.6 is 11.3 Å². The zero-order chi connectivity index (χ0) is 15.2. The summed E-state index contributed by atoms with van der Waals surface area (Å²) in [6, 6.07) is 4.71. The number of nitrogens with zero attached hydrogens (tertiary/aromatic N) is 1. The maximum Gasteiger partial charge on any atom is 0.241 e. The van der Waals surface area contributed by atoms with Gasteiger partial charge < -0.3 is 4.90 Å².